The molecule has 2 rings (SSSR count). The summed E-state index contributed by atoms with van der Waals surface area (Å²) < 4.78 is 13.4. The first-order chi connectivity index (χ1) is 8.97. The molecule has 0 atom stereocenters. The molecule has 1 aromatic heterocycles. The summed E-state index contributed by atoms with van der Waals surface area (Å²) in [5.74, 6) is -1.61. The van der Waals surface area contributed by atoms with Crippen molar-refractivity contribution in [3.05, 3.63) is 50.8 Å². The summed E-state index contributed by atoms with van der Waals surface area (Å²) in [5, 5.41) is 15.1. The largest absolute Gasteiger partial charge is 0.304 e. The lowest BCUT2D eigenvalue weighted by molar-refractivity contribution is -0.387. The number of nitro groups is 1. The van der Waals surface area contributed by atoms with Crippen LogP contribution in [0, 0.1) is 22.9 Å². The molecule has 0 unspecified atom stereocenters. The standard InChI is InChI=1S/C11H8FN3O3S/c1-6-5-19-11(13-6)14-10(16)7-2-3-9(15(17)18)8(12)4-7/h2-5H,1H3,(H,13,14,16). The van der Waals surface area contributed by atoms with Gasteiger partial charge in [-0.1, -0.05) is 0 Å². The summed E-state index contributed by atoms with van der Waals surface area (Å²) in [6.45, 7) is 1.78. The number of thiazole rings is 1. The molecule has 0 aliphatic carbocycles. The molecule has 0 aliphatic rings. The first-order valence-electron chi connectivity index (χ1n) is 5.15. The monoisotopic (exact) mass is 281 g/mol. The minimum absolute atomic E-state index is 0.00375. The van der Waals surface area contributed by atoms with E-state index < -0.39 is 22.3 Å². The smallest absolute Gasteiger partial charge is 0.298 e. The molecule has 0 fully saturated rings. The van der Waals surface area contributed by atoms with Crippen LogP contribution in [0.3, 0.4) is 0 Å². The number of aromatic nitrogens is 1. The van der Waals surface area contributed by atoms with Gasteiger partial charge in [0.1, 0.15) is 0 Å². The van der Waals surface area contributed by atoms with Gasteiger partial charge in [0.15, 0.2) is 5.13 Å². The zero-order chi connectivity index (χ0) is 14.0. The lowest BCUT2D eigenvalue weighted by Crippen LogP contribution is -2.12. The van der Waals surface area contributed by atoms with Gasteiger partial charge in [0.25, 0.3) is 5.91 Å². The van der Waals surface area contributed by atoms with E-state index >= 15 is 0 Å². The summed E-state index contributed by atoms with van der Waals surface area (Å²) in [7, 11) is 0. The summed E-state index contributed by atoms with van der Waals surface area (Å²) in [5.41, 5.74) is 0.0905. The highest BCUT2D eigenvalue weighted by molar-refractivity contribution is 7.13. The Bertz CT molecular complexity index is 656. The van der Waals surface area contributed by atoms with E-state index in [-0.39, 0.29) is 5.56 Å². The number of nitro benzene ring substituents is 1. The Labute approximate surface area is 111 Å². The molecule has 2 aromatic rings. The number of halogens is 1. The number of aryl methyl sites for hydroxylation is 1. The Morgan fingerprint density at radius 3 is 2.79 bits per heavy atom. The van der Waals surface area contributed by atoms with Crippen LogP contribution in [0.4, 0.5) is 15.2 Å². The molecule has 0 saturated heterocycles. The van der Waals surface area contributed by atoms with E-state index in [0.29, 0.717) is 5.13 Å². The van der Waals surface area contributed by atoms with Crippen molar-refractivity contribution in [3.63, 3.8) is 0 Å². The molecule has 0 saturated carbocycles. The molecule has 0 radical (unpaired) electrons. The van der Waals surface area contributed by atoms with Gasteiger partial charge in [-0.15, -0.1) is 11.3 Å². The second-order valence-corrected chi connectivity index (χ2v) is 4.53. The van der Waals surface area contributed by atoms with E-state index in [2.05, 4.69) is 10.3 Å². The molecule has 1 heterocycles. The lowest BCUT2D eigenvalue weighted by Gasteiger charge is -2.02. The van der Waals surface area contributed by atoms with E-state index in [4.69, 9.17) is 0 Å². The van der Waals surface area contributed by atoms with E-state index in [9.17, 15) is 19.3 Å². The number of amides is 1. The van der Waals surface area contributed by atoms with E-state index in [1.165, 1.54) is 17.4 Å². The lowest BCUT2D eigenvalue weighted by atomic mass is 10.2. The average Bonchev–Trinajstić information content (AvgIpc) is 2.74. The molecule has 6 nitrogen and oxygen atoms in total. The molecule has 19 heavy (non-hydrogen) atoms. The topological polar surface area (TPSA) is 85.1 Å². The fourth-order valence-electron chi connectivity index (χ4n) is 1.38. The Hall–Kier alpha value is -2.35. The third kappa shape index (κ3) is 2.91. The maximum atomic E-state index is 13.4. The number of carbonyl (C=O) groups is 1. The number of rotatable bonds is 3. The van der Waals surface area contributed by atoms with Crippen LogP contribution in [-0.4, -0.2) is 15.8 Å². The van der Waals surface area contributed by atoms with Crippen molar-refractivity contribution in [3.8, 4) is 0 Å². The van der Waals surface area contributed by atoms with Crippen molar-refractivity contribution in [1.82, 2.24) is 4.98 Å². The van der Waals surface area contributed by atoms with Crippen LogP contribution in [0.5, 0.6) is 0 Å². The molecule has 1 aromatic carbocycles. The second-order valence-electron chi connectivity index (χ2n) is 3.67. The number of benzene rings is 1. The Morgan fingerprint density at radius 2 is 2.26 bits per heavy atom. The first kappa shape index (κ1) is 13.1. The fourth-order valence-corrected chi connectivity index (χ4v) is 2.06. The van der Waals surface area contributed by atoms with Crippen LogP contribution >= 0.6 is 11.3 Å². The summed E-state index contributed by atoms with van der Waals surface area (Å²) in [6, 6.07) is 2.97. The predicted octanol–water partition coefficient (Wildman–Crippen LogP) is 2.75. The third-order valence-electron chi connectivity index (χ3n) is 2.25. The molecule has 0 spiro atoms. The number of hydrogen-bond donors (Lipinski definition) is 1. The van der Waals surface area contributed by atoms with Crippen LogP contribution in [0.25, 0.3) is 0 Å². The van der Waals surface area contributed by atoms with Crippen molar-refractivity contribution in [1.29, 1.82) is 0 Å². The molecule has 98 valence electrons. The molecular formula is C11H8FN3O3S. The van der Waals surface area contributed by atoms with Gasteiger partial charge in [-0.2, -0.15) is 4.39 Å². The quantitative estimate of drug-likeness (QED) is 0.692. The minimum Gasteiger partial charge on any atom is -0.298 e. The molecule has 0 aliphatic heterocycles. The maximum Gasteiger partial charge on any atom is 0.304 e. The Kier molecular flexibility index (Phi) is 3.52. The van der Waals surface area contributed by atoms with Gasteiger partial charge in [-0.05, 0) is 19.1 Å². The molecule has 8 heteroatoms. The van der Waals surface area contributed by atoms with Gasteiger partial charge < -0.3 is 0 Å². The van der Waals surface area contributed by atoms with E-state index in [0.717, 1.165) is 17.8 Å². The van der Waals surface area contributed by atoms with E-state index in [1.807, 2.05) is 0 Å². The van der Waals surface area contributed by atoms with Crippen LogP contribution in [0.1, 0.15) is 16.1 Å². The van der Waals surface area contributed by atoms with Crippen molar-refractivity contribution < 1.29 is 14.1 Å². The highest BCUT2D eigenvalue weighted by Crippen LogP contribution is 2.20. The SMILES string of the molecule is Cc1csc(NC(=O)c2ccc([N+](=O)[O-])c(F)c2)n1. The van der Waals surface area contributed by atoms with Gasteiger partial charge in [0, 0.05) is 17.0 Å². The summed E-state index contributed by atoms with van der Waals surface area (Å²) >= 11 is 1.24. The van der Waals surface area contributed by atoms with Crippen LogP contribution in [-0.2, 0) is 0 Å². The van der Waals surface area contributed by atoms with Crippen molar-refractivity contribution in [2.24, 2.45) is 0 Å². The second kappa shape index (κ2) is 5.11. The van der Waals surface area contributed by atoms with Crippen LogP contribution < -0.4 is 5.32 Å². The molecule has 0 bridgehead atoms. The van der Waals surface area contributed by atoms with Crippen LogP contribution in [0.15, 0.2) is 23.6 Å². The predicted molar refractivity (Wildman–Crippen MR) is 67.9 cm³/mol. The third-order valence-corrected chi connectivity index (χ3v) is 3.12. The maximum absolute atomic E-state index is 13.4. The van der Waals surface area contributed by atoms with Gasteiger partial charge in [-0.25, -0.2) is 4.98 Å². The number of nitrogens with one attached hydrogen (secondary N) is 1. The highest BCUT2D eigenvalue weighted by atomic mass is 32.1. The number of carbonyl (C=O) groups excluding carboxylic acids is 1. The highest BCUT2D eigenvalue weighted by Gasteiger charge is 2.17. The fraction of sp³-hybridized carbons (Fsp3) is 0.0909. The Balaban J connectivity index is 2.20. The Morgan fingerprint density at radius 1 is 1.53 bits per heavy atom. The molecule has 1 amide bonds. The normalized spacial score (nSPS) is 10.2. The van der Waals surface area contributed by atoms with Gasteiger partial charge >= 0.3 is 5.69 Å². The van der Waals surface area contributed by atoms with Crippen molar-refractivity contribution >= 4 is 28.1 Å². The summed E-state index contributed by atoms with van der Waals surface area (Å²) in [4.78, 5) is 25.4. The van der Waals surface area contributed by atoms with Crippen molar-refractivity contribution in [2.75, 3.05) is 5.32 Å². The zero-order valence-corrected chi connectivity index (χ0v) is 10.5. The van der Waals surface area contributed by atoms with Crippen molar-refractivity contribution in [2.45, 2.75) is 6.92 Å². The molecular weight excluding hydrogens is 273 g/mol. The minimum atomic E-state index is -1.05. The zero-order valence-electron chi connectivity index (χ0n) is 9.71. The van der Waals surface area contributed by atoms with Gasteiger partial charge in [0.05, 0.1) is 10.6 Å². The van der Waals surface area contributed by atoms with Gasteiger partial charge in [0.2, 0.25) is 5.82 Å². The first-order valence-corrected chi connectivity index (χ1v) is 6.03. The summed E-state index contributed by atoms with van der Waals surface area (Å²) in [6.07, 6.45) is 0. The van der Waals surface area contributed by atoms with E-state index in [1.54, 1.807) is 12.3 Å². The average molecular weight is 281 g/mol. The number of nitrogens with zero attached hydrogens (tertiary/aromatic N) is 2. The molecule has 1 N–H and O–H groups in total. The number of hydrogen-bond acceptors (Lipinski definition) is 5. The van der Waals surface area contributed by atoms with Gasteiger partial charge in [-0.3, -0.25) is 20.2 Å². The van der Waals surface area contributed by atoms with Crippen LogP contribution in [0.2, 0.25) is 0 Å². The number of anilines is 1.